The van der Waals surface area contributed by atoms with Gasteiger partial charge in [-0.2, -0.15) is 18.3 Å². The molecule has 4 N–H and O–H groups in total. The fourth-order valence-electron chi connectivity index (χ4n) is 8.76. The second kappa shape index (κ2) is 15.3. The molecule has 0 bridgehead atoms. The molecule has 3 fully saturated rings. The molecule has 0 unspecified atom stereocenters. The summed E-state index contributed by atoms with van der Waals surface area (Å²) < 4.78 is 41.9. The molecule has 16 heteroatoms. The highest BCUT2D eigenvalue weighted by Gasteiger charge is 2.34. The van der Waals surface area contributed by atoms with Crippen molar-refractivity contribution in [3.05, 3.63) is 84.1 Å². The van der Waals surface area contributed by atoms with Gasteiger partial charge in [0.25, 0.3) is 5.91 Å². The summed E-state index contributed by atoms with van der Waals surface area (Å²) in [4.78, 5) is 52.2. The molecule has 0 spiro atoms. The predicted molar refractivity (Wildman–Crippen MR) is 216 cm³/mol. The number of fused-ring (bicyclic) bond motifs is 2. The Kier molecular flexibility index (Phi) is 10.3. The van der Waals surface area contributed by atoms with E-state index in [1.54, 1.807) is 31.0 Å². The number of alkyl halides is 3. The fourth-order valence-corrected chi connectivity index (χ4v) is 8.76. The van der Waals surface area contributed by atoms with E-state index in [0.717, 1.165) is 91.4 Å². The molecule has 1 atom stereocenters. The highest BCUT2D eigenvalue weighted by Crippen LogP contribution is 2.38. The lowest BCUT2D eigenvalue weighted by atomic mass is 9.85. The molecular weight excluding hydrogens is 750 g/mol. The van der Waals surface area contributed by atoms with Crippen molar-refractivity contribution in [1.82, 2.24) is 30.0 Å². The van der Waals surface area contributed by atoms with E-state index in [-0.39, 0.29) is 30.1 Å². The third-order valence-electron chi connectivity index (χ3n) is 11.7. The normalized spacial score (nSPS) is 21.1. The first-order chi connectivity index (χ1) is 27.6. The van der Waals surface area contributed by atoms with Gasteiger partial charge in [0.15, 0.2) is 0 Å². The summed E-state index contributed by atoms with van der Waals surface area (Å²) in [5, 5.41) is 12.8. The van der Waals surface area contributed by atoms with Crippen molar-refractivity contribution < 1.29 is 27.6 Å². The van der Waals surface area contributed by atoms with Crippen LogP contribution in [0.2, 0.25) is 0 Å². The number of imide groups is 1. The number of rotatable bonds is 8. The Morgan fingerprint density at radius 1 is 0.966 bits per heavy atom. The number of nitrogens with one attached hydrogen (secondary N) is 2. The number of aromatic nitrogens is 4. The molecule has 1 aliphatic carbocycles. The van der Waals surface area contributed by atoms with Crippen molar-refractivity contribution in [2.24, 2.45) is 11.7 Å². The van der Waals surface area contributed by atoms with Crippen LogP contribution < -0.4 is 26.2 Å². The Morgan fingerprint density at radius 3 is 2.47 bits per heavy atom. The highest BCUT2D eigenvalue weighted by atomic mass is 19.4. The van der Waals surface area contributed by atoms with Crippen LogP contribution >= 0.6 is 0 Å². The molecule has 4 amide bonds. The minimum absolute atomic E-state index is 0.211. The maximum absolute atomic E-state index is 13.3. The Morgan fingerprint density at radius 2 is 1.74 bits per heavy atom. The van der Waals surface area contributed by atoms with Gasteiger partial charge in [0.1, 0.15) is 11.4 Å². The number of carbonyl (C=O) groups is 3. The molecule has 304 valence electrons. The molecule has 3 aliphatic rings. The summed E-state index contributed by atoms with van der Waals surface area (Å²) >= 11 is 0. The summed E-state index contributed by atoms with van der Waals surface area (Å²) in [5.74, 6) is -0.472. The number of hydrogen-bond donors (Lipinski definition) is 3. The van der Waals surface area contributed by atoms with Gasteiger partial charge in [-0.3, -0.25) is 34.4 Å². The third-order valence-corrected chi connectivity index (χ3v) is 11.7. The summed E-state index contributed by atoms with van der Waals surface area (Å²) in [5.41, 5.74) is 7.66. The minimum atomic E-state index is -4.67. The number of amides is 4. The summed E-state index contributed by atoms with van der Waals surface area (Å²) in [6.07, 6.45) is 5.18. The first-order valence-corrected chi connectivity index (χ1v) is 19.8. The van der Waals surface area contributed by atoms with Gasteiger partial charge >= 0.3 is 12.2 Å². The number of carbonyl (C=O) groups excluding carboxylic acids is 3. The van der Waals surface area contributed by atoms with Gasteiger partial charge in [-0.1, -0.05) is 18.2 Å². The largest absolute Gasteiger partial charge is 0.433 e. The van der Waals surface area contributed by atoms with Gasteiger partial charge in [0.2, 0.25) is 5.91 Å². The van der Waals surface area contributed by atoms with E-state index in [9.17, 15) is 27.6 Å². The van der Waals surface area contributed by atoms with E-state index in [2.05, 4.69) is 43.4 Å². The van der Waals surface area contributed by atoms with Crippen molar-refractivity contribution >= 4 is 56.6 Å². The number of benzene rings is 2. The molecule has 0 radical (unpaired) electrons. The van der Waals surface area contributed by atoms with Gasteiger partial charge in [0.05, 0.1) is 23.4 Å². The number of nitrogens with zero attached hydrogens (tertiary/aromatic N) is 7. The summed E-state index contributed by atoms with van der Waals surface area (Å²) in [7, 11) is 0. The number of piperazine rings is 1. The molecule has 2 aliphatic heterocycles. The standard InChI is InChI=1S/C42H47F3N10O3/c1-25-22-52(16-17-53(25)35-8-4-6-29-30(35)20-47-21-36(29)54-15-14-38(56)50-40(54)58)23-26-10-12-28(13-11-26)55-24-27-18-34(31(41(2,3)46)19-33(27)51-55)49-39(57)32-7-5-9-37(48-32)42(43,44)45/h4-9,18-21,24-26,28H,10-17,22-23,46H2,1-3H3,(H,49,57)(H,50,56,58)/t25-,26?,28?/m0/s1. The Labute approximate surface area is 333 Å². The lowest BCUT2D eigenvalue weighted by molar-refractivity contribution is -0.141. The topological polar surface area (TPSA) is 155 Å². The van der Waals surface area contributed by atoms with E-state index in [1.165, 1.54) is 6.07 Å². The number of pyridine rings is 2. The van der Waals surface area contributed by atoms with E-state index >= 15 is 0 Å². The van der Waals surface area contributed by atoms with Crippen LogP contribution in [-0.2, 0) is 16.5 Å². The van der Waals surface area contributed by atoms with Crippen LogP contribution in [0.25, 0.3) is 21.7 Å². The molecule has 5 aromatic rings. The number of nitrogens with two attached hydrogens (primary N) is 1. The number of halogens is 3. The lowest BCUT2D eigenvalue weighted by Crippen LogP contribution is -2.53. The van der Waals surface area contributed by atoms with Crippen LogP contribution in [0.1, 0.15) is 80.7 Å². The summed E-state index contributed by atoms with van der Waals surface area (Å²) in [6, 6.07) is 13.0. The Balaban J connectivity index is 0.902. The highest BCUT2D eigenvalue weighted by molar-refractivity contribution is 6.11. The van der Waals surface area contributed by atoms with Crippen molar-refractivity contribution in [1.29, 1.82) is 0 Å². The minimum Gasteiger partial charge on any atom is -0.366 e. The van der Waals surface area contributed by atoms with Gasteiger partial charge in [-0.15, -0.1) is 0 Å². The maximum atomic E-state index is 13.3. The Hall–Kier alpha value is -5.61. The monoisotopic (exact) mass is 796 g/mol. The van der Waals surface area contributed by atoms with Crippen LogP contribution in [-0.4, -0.2) is 81.3 Å². The van der Waals surface area contributed by atoms with Crippen molar-refractivity contribution in [2.45, 2.75) is 76.7 Å². The molecule has 3 aromatic heterocycles. The van der Waals surface area contributed by atoms with E-state index < -0.39 is 29.3 Å². The predicted octanol–water partition coefficient (Wildman–Crippen LogP) is 6.83. The Bertz CT molecular complexity index is 2380. The maximum Gasteiger partial charge on any atom is 0.433 e. The lowest BCUT2D eigenvalue weighted by Gasteiger charge is -2.43. The third kappa shape index (κ3) is 7.94. The molecule has 2 saturated heterocycles. The van der Waals surface area contributed by atoms with Gasteiger partial charge in [-0.05, 0) is 88.3 Å². The SMILES string of the molecule is C[C@H]1CN(CC2CCC(n3cc4cc(NC(=O)c5cccc(C(F)(F)F)n5)c(C(C)(C)N)cc4n3)CC2)CCN1c1cccc2c(N3CCC(=O)NC3=O)cncc12. The van der Waals surface area contributed by atoms with Crippen LogP contribution in [0.15, 0.2) is 67.1 Å². The van der Waals surface area contributed by atoms with E-state index in [0.29, 0.717) is 29.4 Å². The van der Waals surface area contributed by atoms with Crippen molar-refractivity contribution in [3.8, 4) is 0 Å². The molecular formula is C42H47F3N10O3. The average molecular weight is 797 g/mol. The first-order valence-electron chi connectivity index (χ1n) is 19.8. The molecule has 58 heavy (non-hydrogen) atoms. The van der Waals surface area contributed by atoms with E-state index in [4.69, 9.17) is 10.8 Å². The van der Waals surface area contributed by atoms with Crippen LogP contribution in [0, 0.1) is 5.92 Å². The second-order valence-electron chi connectivity index (χ2n) is 16.4. The van der Waals surface area contributed by atoms with Crippen LogP contribution in [0.4, 0.5) is 35.0 Å². The molecule has 2 aromatic carbocycles. The molecule has 8 rings (SSSR count). The first kappa shape index (κ1) is 39.2. The van der Waals surface area contributed by atoms with Crippen molar-refractivity contribution in [2.75, 3.05) is 47.8 Å². The number of hydrogen-bond acceptors (Lipinski definition) is 9. The zero-order chi connectivity index (χ0) is 40.9. The molecule has 13 nitrogen and oxygen atoms in total. The van der Waals surface area contributed by atoms with Gasteiger partial charge in [0, 0.05) is 90.7 Å². The van der Waals surface area contributed by atoms with Crippen molar-refractivity contribution in [3.63, 3.8) is 0 Å². The smallest absolute Gasteiger partial charge is 0.366 e. The fraction of sp³-hybridized carbons (Fsp3) is 0.429. The quantitative estimate of drug-likeness (QED) is 0.153. The molecule has 1 saturated carbocycles. The summed E-state index contributed by atoms with van der Waals surface area (Å²) in [6.45, 7) is 9.90. The number of anilines is 3. The average Bonchev–Trinajstić information content (AvgIpc) is 3.60. The number of urea groups is 1. The van der Waals surface area contributed by atoms with Crippen LogP contribution in [0.5, 0.6) is 0 Å². The van der Waals surface area contributed by atoms with Gasteiger partial charge < -0.3 is 16.0 Å². The van der Waals surface area contributed by atoms with Crippen LogP contribution in [0.3, 0.4) is 0 Å². The van der Waals surface area contributed by atoms with Gasteiger partial charge in [-0.25, -0.2) is 9.78 Å². The second-order valence-corrected chi connectivity index (χ2v) is 16.4. The zero-order valence-corrected chi connectivity index (χ0v) is 32.7. The molecule has 5 heterocycles. The van der Waals surface area contributed by atoms with E-state index in [1.807, 2.05) is 35.3 Å². The zero-order valence-electron chi connectivity index (χ0n) is 32.7.